The van der Waals surface area contributed by atoms with Gasteiger partial charge in [-0.1, -0.05) is 6.07 Å². The second-order valence-corrected chi connectivity index (χ2v) is 3.05. The minimum absolute atomic E-state index is 0.522. The van der Waals surface area contributed by atoms with E-state index in [1.807, 2.05) is 24.3 Å². The van der Waals surface area contributed by atoms with Crippen molar-refractivity contribution in [3.63, 3.8) is 0 Å². The molecule has 1 aliphatic heterocycles. The normalized spacial score (nSPS) is 16.4. The first-order valence-electron chi connectivity index (χ1n) is 4.54. The van der Waals surface area contributed by atoms with Crippen LogP contribution >= 0.6 is 0 Å². The second-order valence-electron chi connectivity index (χ2n) is 3.05. The molecule has 72 valence electrons. The molecule has 0 saturated carbocycles. The average molecular weight is 188 g/mol. The van der Waals surface area contributed by atoms with Crippen molar-refractivity contribution >= 4 is 18.0 Å². The third kappa shape index (κ3) is 1.83. The molecule has 0 radical (unpaired) electrons. The SMILES string of the molecule is NCc1ccc2c(c1)/C=C\OCC=N2. The molecule has 2 rings (SSSR count). The molecule has 2 N–H and O–H groups in total. The number of benzene rings is 1. The van der Waals surface area contributed by atoms with Gasteiger partial charge in [0.05, 0.1) is 11.9 Å². The summed E-state index contributed by atoms with van der Waals surface area (Å²) in [6.45, 7) is 1.07. The smallest absolute Gasteiger partial charge is 0.122 e. The van der Waals surface area contributed by atoms with Crippen LogP contribution in [0.4, 0.5) is 5.69 Å². The summed E-state index contributed by atoms with van der Waals surface area (Å²) in [5.74, 6) is 0. The van der Waals surface area contributed by atoms with E-state index in [0.717, 1.165) is 16.8 Å². The number of hydrogen-bond acceptors (Lipinski definition) is 3. The predicted molar refractivity (Wildman–Crippen MR) is 57.5 cm³/mol. The van der Waals surface area contributed by atoms with E-state index >= 15 is 0 Å². The van der Waals surface area contributed by atoms with Gasteiger partial charge in [0.1, 0.15) is 6.61 Å². The molecule has 0 aliphatic carbocycles. The topological polar surface area (TPSA) is 47.6 Å². The molecular weight excluding hydrogens is 176 g/mol. The van der Waals surface area contributed by atoms with Crippen LogP contribution in [0, 0.1) is 0 Å². The first-order valence-corrected chi connectivity index (χ1v) is 4.54. The minimum atomic E-state index is 0.522. The average Bonchev–Trinajstić information content (AvgIpc) is 2.18. The summed E-state index contributed by atoms with van der Waals surface area (Å²) >= 11 is 0. The summed E-state index contributed by atoms with van der Waals surface area (Å²) in [6, 6.07) is 5.99. The lowest BCUT2D eigenvalue weighted by molar-refractivity contribution is 0.308. The van der Waals surface area contributed by atoms with Gasteiger partial charge in [0.15, 0.2) is 0 Å². The molecule has 3 heteroatoms. The Balaban J connectivity index is 2.45. The van der Waals surface area contributed by atoms with Gasteiger partial charge in [0.25, 0.3) is 0 Å². The van der Waals surface area contributed by atoms with Gasteiger partial charge in [-0.3, -0.25) is 4.99 Å². The summed E-state index contributed by atoms with van der Waals surface area (Å²) < 4.78 is 5.14. The van der Waals surface area contributed by atoms with Gasteiger partial charge >= 0.3 is 0 Å². The number of rotatable bonds is 1. The van der Waals surface area contributed by atoms with E-state index in [0.29, 0.717) is 13.2 Å². The molecule has 1 heterocycles. The van der Waals surface area contributed by atoms with Crippen LogP contribution < -0.4 is 5.73 Å². The molecule has 3 nitrogen and oxygen atoms in total. The molecular formula is C11H12N2O. The van der Waals surface area contributed by atoms with Crippen LogP contribution in [0.15, 0.2) is 29.5 Å². The van der Waals surface area contributed by atoms with Gasteiger partial charge in [0, 0.05) is 18.3 Å². The van der Waals surface area contributed by atoms with E-state index in [9.17, 15) is 0 Å². The van der Waals surface area contributed by atoms with Crippen molar-refractivity contribution in [2.45, 2.75) is 6.54 Å². The molecule has 1 aliphatic rings. The van der Waals surface area contributed by atoms with Gasteiger partial charge < -0.3 is 10.5 Å². The fraction of sp³-hybridized carbons (Fsp3) is 0.182. The third-order valence-electron chi connectivity index (χ3n) is 2.07. The highest BCUT2D eigenvalue weighted by atomic mass is 16.5. The van der Waals surface area contributed by atoms with E-state index in [1.165, 1.54) is 0 Å². The van der Waals surface area contributed by atoms with Gasteiger partial charge in [-0.25, -0.2) is 0 Å². The van der Waals surface area contributed by atoms with Crippen LogP contribution in [0.25, 0.3) is 6.08 Å². The molecule has 14 heavy (non-hydrogen) atoms. The van der Waals surface area contributed by atoms with Crippen LogP contribution in [-0.4, -0.2) is 12.8 Å². The number of hydrogen-bond donors (Lipinski definition) is 1. The zero-order chi connectivity index (χ0) is 9.80. The van der Waals surface area contributed by atoms with Crippen LogP contribution in [-0.2, 0) is 11.3 Å². The summed E-state index contributed by atoms with van der Waals surface area (Å²) in [4.78, 5) is 4.28. The highest BCUT2D eigenvalue weighted by Crippen LogP contribution is 2.22. The van der Waals surface area contributed by atoms with Gasteiger partial charge in [-0.05, 0) is 23.8 Å². The van der Waals surface area contributed by atoms with Crippen molar-refractivity contribution in [3.8, 4) is 0 Å². The monoisotopic (exact) mass is 188 g/mol. The quantitative estimate of drug-likeness (QED) is 0.731. The standard InChI is InChI=1S/C11H12N2O/c12-8-9-1-2-11-10(7-9)3-5-14-6-4-13-11/h1-5,7H,6,8,12H2/b5-3-,13-4?. The fourth-order valence-electron chi connectivity index (χ4n) is 1.34. The van der Waals surface area contributed by atoms with Crippen molar-refractivity contribution in [2.75, 3.05) is 6.61 Å². The lowest BCUT2D eigenvalue weighted by Gasteiger charge is -2.06. The Morgan fingerprint density at radius 2 is 2.36 bits per heavy atom. The summed E-state index contributed by atoms with van der Waals surface area (Å²) in [5, 5.41) is 0. The van der Waals surface area contributed by atoms with E-state index < -0.39 is 0 Å². The van der Waals surface area contributed by atoms with Crippen LogP contribution in [0.2, 0.25) is 0 Å². The number of fused-ring (bicyclic) bond motifs is 1. The molecule has 0 bridgehead atoms. The molecule has 0 fully saturated rings. The Labute approximate surface area is 82.9 Å². The summed E-state index contributed by atoms with van der Waals surface area (Å²) in [6.07, 6.45) is 5.35. The van der Waals surface area contributed by atoms with Crippen molar-refractivity contribution in [1.82, 2.24) is 0 Å². The maximum Gasteiger partial charge on any atom is 0.122 e. The molecule has 0 aromatic heterocycles. The second kappa shape index (κ2) is 4.07. The zero-order valence-electron chi connectivity index (χ0n) is 7.81. The first kappa shape index (κ1) is 8.97. The number of nitrogens with zero attached hydrogens (tertiary/aromatic N) is 1. The summed E-state index contributed by atoms with van der Waals surface area (Å²) in [5.41, 5.74) is 8.67. The van der Waals surface area contributed by atoms with Crippen molar-refractivity contribution < 1.29 is 4.74 Å². The van der Waals surface area contributed by atoms with E-state index in [4.69, 9.17) is 10.5 Å². The Kier molecular flexibility index (Phi) is 2.60. The van der Waals surface area contributed by atoms with Gasteiger partial charge in [-0.2, -0.15) is 0 Å². The van der Waals surface area contributed by atoms with Gasteiger partial charge in [0.2, 0.25) is 0 Å². The van der Waals surface area contributed by atoms with Crippen LogP contribution in [0.5, 0.6) is 0 Å². The van der Waals surface area contributed by atoms with Crippen LogP contribution in [0.3, 0.4) is 0 Å². The first-order chi connectivity index (χ1) is 6.90. The Hall–Kier alpha value is -1.61. The van der Waals surface area contributed by atoms with E-state index in [-0.39, 0.29) is 0 Å². The molecule has 1 aromatic carbocycles. The van der Waals surface area contributed by atoms with E-state index in [2.05, 4.69) is 4.99 Å². The number of ether oxygens (including phenoxy) is 1. The highest BCUT2D eigenvalue weighted by molar-refractivity contribution is 5.72. The van der Waals surface area contributed by atoms with E-state index in [1.54, 1.807) is 12.5 Å². The molecule has 0 amide bonds. The molecule has 0 saturated heterocycles. The third-order valence-corrected chi connectivity index (χ3v) is 2.07. The van der Waals surface area contributed by atoms with Gasteiger partial charge in [-0.15, -0.1) is 0 Å². The molecule has 0 atom stereocenters. The zero-order valence-corrected chi connectivity index (χ0v) is 7.81. The Morgan fingerprint density at radius 3 is 3.21 bits per heavy atom. The Morgan fingerprint density at radius 1 is 1.43 bits per heavy atom. The molecule has 1 aromatic rings. The summed E-state index contributed by atoms with van der Waals surface area (Å²) in [7, 11) is 0. The minimum Gasteiger partial charge on any atom is -0.496 e. The number of aliphatic imine (C=N–C) groups is 1. The predicted octanol–water partition coefficient (Wildman–Crippen LogP) is 1.85. The van der Waals surface area contributed by atoms with Crippen LogP contribution in [0.1, 0.15) is 11.1 Å². The highest BCUT2D eigenvalue weighted by Gasteiger charge is 2.00. The largest absolute Gasteiger partial charge is 0.496 e. The maximum atomic E-state index is 5.56. The fourth-order valence-corrected chi connectivity index (χ4v) is 1.34. The molecule has 0 unspecified atom stereocenters. The van der Waals surface area contributed by atoms with Crippen molar-refractivity contribution in [1.29, 1.82) is 0 Å². The molecule has 0 spiro atoms. The Bertz CT molecular complexity index is 383. The lowest BCUT2D eigenvalue weighted by atomic mass is 10.1. The number of nitrogens with two attached hydrogens (primary N) is 1. The lowest BCUT2D eigenvalue weighted by Crippen LogP contribution is -1.97. The maximum absolute atomic E-state index is 5.56. The van der Waals surface area contributed by atoms with Crippen molar-refractivity contribution in [2.24, 2.45) is 10.7 Å². The van der Waals surface area contributed by atoms with Crippen molar-refractivity contribution in [3.05, 3.63) is 35.6 Å².